The molecule has 1 atom stereocenters. The van der Waals surface area contributed by atoms with Gasteiger partial charge < -0.3 is 19.5 Å². The number of methoxy groups -OCH3 is 1. The summed E-state index contributed by atoms with van der Waals surface area (Å²) in [6.07, 6.45) is 4.37. The number of alkyl carbamates (subject to hydrolysis) is 1. The van der Waals surface area contributed by atoms with Gasteiger partial charge in [-0.15, -0.1) is 0 Å². The highest BCUT2D eigenvalue weighted by Gasteiger charge is 2.24. The summed E-state index contributed by atoms with van der Waals surface area (Å²) in [5.41, 5.74) is 4.25. The van der Waals surface area contributed by atoms with Crippen LogP contribution in [0.1, 0.15) is 17.5 Å². The third kappa shape index (κ3) is 3.82. The molecule has 0 spiro atoms. The topological polar surface area (TPSA) is 56.8 Å². The molecule has 5 nitrogen and oxygen atoms in total. The van der Waals surface area contributed by atoms with Crippen LogP contribution in [0.5, 0.6) is 11.5 Å². The van der Waals surface area contributed by atoms with Crippen LogP contribution in [0.4, 0.5) is 4.79 Å². The Morgan fingerprint density at radius 2 is 1.67 bits per heavy atom. The number of amides is 1. The zero-order valence-electron chi connectivity index (χ0n) is 15.1. The lowest BCUT2D eigenvalue weighted by molar-refractivity contribution is 0.169. The molecular weight excluding hydrogens is 342 g/mol. The van der Waals surface area contributed by atoms with Crippen molar-refractivity contribution < 1.29 is 19.0 Å². The van der Waals surface area contributed by atoms with Crippen LogP contribution in [0.3, 0.4) is 0 Å². The highest BCUT2D eigenvalue weighted by Crippen LogP contribution is 2.34. The van der Waals surface area contributed by atoms with E-state index in [2.05, 4.69) is 23.5 Å². The first-order valence-corrected chi connectivity index (χ1v) is 8.94. The minimum absolute atomic E-state index is 0.194. The van der Waals surface area contributed by atoms with E-state index in [1.807, 2.05) is 42.5 Å². The van der Waals surface area contributed by atoms with Crippen molar-refractivity contribution in [3.05, 3.63) is 71.8 Å². The number of ether oxygens (including phenoxy) is 3. The van der Waals surface area contributed by atoms with Crippen LogP contribution in [0.2, 0.25) is 0 Å². The molecule has 2 aromatic carbocycles. The van der Waals surface area contributed by atoms with Gasteiger partial charge in [-0.2, -0.15) is 0 Å². The zero-order valence-corrected chi connectivity index (χ0v) is 15.1. The van der Waals surface area contributed by atoms with Gasteiger partial charge in [-0.3, -0.25) is 0 Å². The molecule has 2 aliphatic heterocycles. The van der Waals surface area contributed by atoms with Crippen LogP contribution in [0, 0.1) is 0 Å². The largest absolute Gasteiger partial charge is 0.490 e. The van der Waals surface area contributed by atoms with Crippen molar-refractivity contribution in [1.82, 2.24) is 5.32 Å². The molecule has 1 N–H and O–H groups in total. The number of benzene rings is 2. The van der Waals surface area contributed by atoms with Gasteiger partial charge in [-0.25, -0.2) is 4.79 Å². The van der Waals surface area contributed by atoms with E-state index in [-0.39, 0.29) is 6.04 Å². The first kappa shape index (κ1) is 17.2. The molecule has 3 aliphatic rings. The predicted octanol–water partition coefficient (Wildman–Crippen LogP) is 4.05. The number of hydrogen-bond acceptors (Lipinski definition) is 4. The van der Waals surface area contributed by atoms with Gasteiger partial charge in [0.05, 0.1) is 13.2 Å². The summed E-state index contributed by atoms with van der Waals surface area (Å²) in [7, 11) is 1.37. The number of carbonyl (C=O) groups excluding carboxylic acids is 1. The van der Waals surface area contributed by atoms with Crippen LogP contribution < -0.4 is 14.8 Å². The second-order valence-electron chi connectivity index (χ2n) is 6.46. The van der Waals surface area contributed by atoms with Gasteiger partial charge in [0, 0.05) is 0 Å². The van der Waals surface area contributed by atoms with Crippen molar-refractivity contribution in [1.29, 1.82) is 0 Å². The number of fused-ring (bicyclic) bond motifs is 5. The fraction of sp³-hybridized carbons (Fsp3) is 0.227. The second-order valence-corrected chi connectivity index (χ2v) is 6.46. The summed E-state index contributed by atoms with van der Waals surface area (Å²) in [5, 5.41) is 2.95. The van der Waals surface area contributed by atoms with E-state index in [1.54, 1.807) is 0 Å². The van der Waals surface area contributed by atoms with Crippen molar-refractivity contribution in [2.75, 3.05) is 20.3 Å². The van der Waals surface area contributed by atoms with E-state index in [1.165, 1.54) is 7.11 Å². The van der Waals surface area contributed by atoms with Crippen LogP contribution in [0.15, 0.2) is 60.7 Å². The third-order valence-electron chi connectivity index (χ3n) is 4.73. The molecule has 5 rings (SSSR count). The Hall–Kier alpha value is -3.21. The molecule has 27 heavy (non-hydrogen) atoms. The maximum absolute atomic E-state index is 11.9. The number of hydrogen-bond donors (Lipinski definition) is 1. The second kappa shape index (κ2) is 7.58. The van der Waals surface area contributed by atoms with Gasteiger partial charge in [0.2, 0.25) is 0 Å². The van der Waals surface area contributed by atoms with Gasteiger partial charge in [-0.1, -0.05) is 36.4 Å². The van der Waals surface area contributed by atoms with Gasteiger partial charge in [0.1, 0.15) is 24.7 Å². The average molecular weight is 363 g/mol. The summed E-state index contributed by atoms with van der Waals surface area (Å²) in [6.45, 7) is 0.932. The lowest BCUT2D eigenvalue weighted by atomic mass is 9.86. The Balaban J connectivity index is 1.79. The lowest BCUT2D eigenvalue weighted by Crippen LogP contribution is -2.36. The molecule has 0 radical (unpaired) electrons. The van der Waals surface area contributed by atoms with Gasteiger partial charge in [-0.05, 0) is 53.0 Å². The van der Waals surface area contributed by atoms with Gasteiger partial charge in [0.25, 0.3) is 0 Å². The quantitative estimate of drug-likeness (QED) is 0.830. The molecule has 0 unspecified atom stereocenters. The van der Waals surface area contributed by atoms with Crippen molar-refractivity contribution in [3.63, 3.8) is 0 Å². The molecule has 1 amide bonds. The van der Waals surface area contributed by atoms with E-state index >= 15 is 0 Å². The molecule has 1 aliphatic carbocycles. The van der Waals surface area contributed by atoms with Crippen molar-refractivity contribution in [3.8, 4) is 11.5 Å². The maximum atomic E-state index is 11.9. The molecule has 5 heteroatoms. The molecule has 0 aromatic heterocycles. The Labute approximate surface area is 158 Å². The summed E-state index contributed by atoms with van der Waals surface area (Å²) in [6, 6.07) is 15.7. The van der Waals surface area contributed by atoms with Crippen molar-refractivity contribution in [2.24, 2.45) is 0 Å². The Morgan fingerprint density at radius 3 is 2.37 bits per heavy atom. The summed E-state index contributed by atoms with van der Waals surface area (Å²) in [5.74, 6) is 1.57. The van der Waals surface area contributed by atoms with Crippen molar-refractivity contribution in [2.45, 2.75) is 12.5 Å². The Kier molecular flexibility index (Phi) is 4.83. The lowest BCUT2D eigenvalue weighted by Gasteiger charge is -2.27. The Morgan fingerprint density at radius 1 is 1.00 bits per heavy atom. The van der Waals surface area contributed by atoms with Gasteiger partial charge in [0.15, 0.2) is 0 Å². The zero-order chi connectivity index (χ0) is 18.6. The fourth-order valence-corrected chi connectivity index (χ4v) is 3.42. The molecule has 0 fully saturated rings. The van der Waals surface area contributed by atoms with Crippen LogP contribution in [-0.4, -0.2) is 32.5 Å². The molecular formula is C22H21NO4. The minimum Gasteiger partial charge on any atom is -0.490 e. The number of rotatable bonds is 1. The van der Waals surface area contributed by atoms with E-state index < -0.39 is 6.09 Å². The predicted molar refractivity (Wildman–Crippen MR) is 104 cm³/mol. The third-order valence-corrected chi connectivity index (χ3v) is 4.73. The normalized spacial score (nSPS) is 18.2. The summed E-state index contributed by atoms with van der Waals surface area (Å²) < 4.78 is 16.5. The summed E-state index contributed by atoms with van der Waals surface area (Å²) >= 11 is 0. The molecule has 6 bridgehead atoms. The van der Waals surface area contributed by atoms with Crippen LogP contribution in [-0.2, 0) is 4.74 Å². The fourth-order valence-electron chi connectivity index (χ4n) is 3.42. The van der Waals surface area contributed by atoms with E-state index in [4.69, 9.17) is 14.2 Å². The highest BCUT2D eigenvalue weighted by atomic mass is 16.5. The maximum Gasteiger partial charge on any atom is 0.407 e. The SMILES string of the molecule is COC(=O)N[C@@H]1CC2=CC=C1c1cccc(c1)OCCOc1cccc2c1. The number of nitrogens with one attached hydrogen (secondary N) is 1. The van der Waals surface area contributed by atoms with Crippen LogP contribution in [0.25, 0.3) is 11.1 Å². The highest BCUT2D eigenvalue weighted by molar-refractivity contribution is 5.84. The number of allylic oxidation sites excluding steroid dienone is 2. The molecule has 0 saturated heterocycles. The number of carbonyl (C=O) groups is 1. The van der Waals surface area contributed by atoms with Crippen molar-refractivity contribution >= 4 is 17.2 Å². The monoisotopic (exact) mass is 363 g/mol. The first-order chi connectivity index (χ1) is 13.2. The first-order valence-electron chi connectivity index (χ1n) is 8.94. The van der Waals surface area contributed by atoms with E-state index in [0.717, 1.165) is 33.8 Å². The molecule has 2 heterocycles. The standard InChI is InChI=1S/C22H21NO4/c1-25-22(24)23-21-14-16-8-9-20(21)17-5-3-7-19(13-17)27-11-10-26-18-6-2-4-15(16)12-18/h2-9,12-13,21H,10-11,14H2,1H3,(H,23,24)/t21-/m1/s1. The smallest absolute Gasteiger partial charge is 0.407 e. The minimum atomic E-state index is -0.447. The molecule has 138 valence electrons. The van der Waals surface area contributed by atoms with Gasteiger partial charge >= 0.3 is 6.09 Å². The molecule has 0 saturated carbocycles. The van der Waals surface area contributed by atoms with E-state index in [9.17, 15) is 4.79 Å². The van der Waals surface area contributed by atoms with E-state index in [0.29, 0.717) is 19.6 Å². The molecule has 2 aromatic rings. The average Bonchev–Trinajstić information content (AvgIpc) is 2.71. The summed E-state index contributed by atoms with van der Waals surface area (Å²) in [4.78, 5) is 11.9. The Bertz CT molecular complexity index is 916. The van der Waals surface area contributed by atoms with Crippen LogP contribution >= 0.6 is 0 Å².